The number of amides is 1. The summed E-state index contributed by atoms with van der Waals surface area (Å²) in [6.45, 7) is 2.58. The van der Waals surface area contributed by atoms with Crippen molar-refractivity contribution in [3.8, 4) is 28.1 Å². The van der Waals surface area contributed by atoms with Gasteiger partial charge >= 0.3 is 5.97 Å². The molecular formula is C26H30N2O4. The molecule has 0 aliphatic carbocycles. The molecule has 1 heterocycles. The summed E-state index contributed by atoms with van der Waals surface area (Å²) in [6.07, 6.45) is 2.81. The van der Waals surface area contributed by atoms with Crippen LogP contribution in [-0.2, 0) is 9.53 Å². The minimum absolute atomic E-state index is 0.139. The first-order valence-corrected chi connectivity index (χ1v) is 10.8. The number of unbranched alkanes of at least 4 members (excludes halogenated alkanes) is 2. The zero-order chi connectivity index (χ0) is 22.9. The fourth-order valence-corrected chi connectivity index (χ4v) is 3.74. The first-order valence-electron chi connectivity index (χ1n) is 10.8. The molecule has 32 heavy (non-hydrogen) atoms. The van der Waals surface area contributed by atoms with Crippen molar-refractivity contribution in [1.82, 2.24) is 10.3 Å². The van der Waals surface area contributed by atoms with Crippen molar-refractivity contribution >= 4 is 11.9 Å². The van der Waals surface area contributed by atoms with Crippen LogP contribution in [0.25, 0.3) is 22.4 Å². The Morgan fingerprint density at radius 1 is 0.906 bits per heavy atom. The molecule has 3 rings (SSSR count). The van der Waals surface area contributed by atoms with E-state index in [1.165, 1.54) is 7.11 Å². The van der Waals surface area contributed by atoms with Crippen LogP contribution < -0.4 is 10.1 Å². The lowest BCUT2D eigenvalue weighted by Crippen LogP contribution is -2.25. The first-order chi connectivity index (χ1) is 15.5. The van der Waals surface area contributed by atoms with E-state index in [0.717, 1.165) is 53.0 Å². The topological polar surface area (TPSA) is 80.4 Å². The molecule has 2 N–H and O–H groups in total. The van der Waals surface area contributed by atoms with Gasteiger partial charge in [-0.05, 0) is 60.7 Å². The third kappa shape index (κ3) is 5.58. The summed E-state index contributed by atoms with van der Waals surface area (Å²) in [5, 5.41) is 3.02. The maximum atomic E-state index is 13.1. The Morgan fingerprint density at radius 2 is 1.62 bits per heavy atom. The Balaban J connectivity index is 1.79. The largest absolute Gasteiger partial charge is 0.497 e. The molecule has 0 unspecified atom stereocenters. The van der Waals surface area contributed by atoms with E-state index in [0.29, 0.717) is 18.7 Å². The number of ether oxygens (including phenoxy) is 2. The van der Waals surface area contributed by atoms with E-state index in [9.17, 15) is 9.59 Å². The van der Waals surface area contributed by atoms with Crippen LogP contribution in [0, 0.1) is 6.92 Å². The summed E-state index contributed by atoms with van der Waals surface area (Å²) < 4.78 is 9.91. The number of carbonyl (C=O) groups excluding carboxylic acids is 2. The lowest BCUT2D eigenvalue weighted by atomic mass is 9.98. The molecule has 168 valence electrons. The normalized spacial score (nSPS) is 10.6. The highest BCUT2D eigenvalue weighted by atomic mass is 16.5. The smallest absolute Gasteiger partial charge is 0.305 e. The Labute approximate surface area is 189 Å². The zero-order valence-electron chi connectivity index (χ0n) is 18.9. The molecule has 0 atom stereocenters. The summed E-state index contributed by atoms with van der Waals surface area (Å²) in [4.78, 5) is 27.6. The molecule has 0 spiro atoms. The molecule has 0 radical (unpaired) electrons. The quantitative estimate of drug-likeness (QED) is 0.342. The van der Waals surface area contributed by atoms with Gasteiger partial charge in [-0.25, -0.2) is 0 Å². The van der Waals surface area contributed by atoms with Gasteiger partial charge in [-0.3, -0.25) is 9.59 Å². The number of aromatic nitrogens is 1. The molecule has 6 nitrogen and oxygen atoms in total. The van der Waals surface area contributed by atoms with Gasteiger partial charge < -0.3 is 19.8 Å². The van der Waals surface area contributed by atoms with Gasteiger partial charge in [-0.2, -0.15) is 0 Å². The number of benzene rings is 2. The summed E-state index contributed by atoms with van der Waals surface area (Å²) >= 11 is 0. The number of rotatable bonds is 10. The molecule has 0 aliphatic rings. The second-order valence-corrected chi connectivity index (χ2v) is 7.61. The SMILES string of the molecule is COC(=O)CCCCCNC(=O)c1[nH]c(-c2ccc(OC)cc2)c(C)c1-c1ccccc1. The van der Waals surface area contributed by atoms with Gasteiger partial charge in [0.05, 0.1) is 14.2 Å². The molecule has 1 aromatic heterocycles. The molecular weight excluding hydrogens is 404 g/mol. The number of carbonyl (C=O) groups is 2. The lowest BCUT2D eigenvalue weighted by Gasteiger charge is -2.08. The van der Waals surface area contributed by atoms with Crippen LogP contribution >= 0.6 is 0 Å². The van der Waals surface area contributed by atoms with Gasteiger partial charge in [0, 0.05) is 24.2 Å². The summed E-state index contributed by atoms with van der Waals surface area (Å²) in [5.41, 5.74) is 5.36. The van der Waals surface area contributed by atoms with Crippen LogP contribution in [0.15, 0.2) is 54.6 Å². The van der Waals surface area contributed by atoms with E-state index in [2.05, 4.69) is 15.0 Å². The Kier molecular flexibility index (Phi) is 8.08. The Bertz CT molecular complexity index is 1040. The highest BCUT2D eigenvalue weighted by Gasteiger charge is 2.21. The molecule has 6 heteroatoms. The van der Waals surface area contributed by atoms with Crippen molar-refractivity contribution in [3.63, 3.8) is 0 Å². The van der Waals surface area contributed by atoms with Crippen LogP contribution in [0.4, 0.5) is 0 Å². The van der Waals surface area contributed by atoms with Gasteiger partial charge in [0.15, 0.2) is 0 Å². The summed E-state index contributed by atoms with van der Waals surface area (Å²) in [7, 11) is 3.03. The number of hydrogen-bond donors (Lipinski definition) is 2. The average Bonchev–Trinajstić information content (AvgIpc) is 3.18. The van der Waals surface area contributed by atoms with Gasteiger partial charge in [-0.1, -0.05) is 36.8 Å². The van der Waals surface area contributed by atoms with Crippen LogP contribution in [-0.4, -0.2) is 37.6 Å². The number of aromatic amines is 1. The van der Waals surface area contributed by atoms with E-state index < -0.39 is 0 Å². The van der Waals surface area contributed by atoms with E-state index >= 15 is 0 Å². The third-order valence-electron chi connectivity index (χ3n) is 5.49. The molecule has 0 aliphatic heterocycles. The lowest BCUT2D eigenvalue weighted by molar-refractivity contribution is -0.140. The second-order valence-electron chi connectivity index (χ2n) is 7.61. The monoisotopic (exact) mass is 434 g/mol. The van der Waals surface area contributed by atoms with E-state index in [-0.39, 0.29) is 11.9 Å². The van der Waals surface area contributed by atoms with Crippen LogP contribution in [0.2, 0.25) is 0 Å². The Morgan fingerprint density at radius 3 is 2.28 bits per heavy atom. The highest BCUT2D eigenvalue weighted by Crippen LogP contribution is 2.35. The van der Waals surface area contributed by atoms with Gasteiger partial charge in [0.1, 0.15) is 11.4 Å². The molecule has 0 fully saturated rings. The average molecular weight is 435 g/mol. The number of H-pyrrole nitrogens is 1. The first kappa shape index (κ1) is 23.1. The molecule has 0 saturated heterocycles. The standard InChI is InChI=1S/C26H30N2O4/c1-18-23(19-10-6-4-7-11-19)25(26(30)27-17-9-5-8-12-22(29)32-3)28-24(18)20-13-15-21(31-2)16-14-20/h4,6-7,10-11,13-16,28H,5,8-9,12,17H2,1-3H3,(H,27,30). The fourth-order valence-electron chi connectivity index (χ4n) is 3.74. The Hall–Kier alpha value is -3.54. The second kappa shape index (κ2) is 11.2. The maximum absolute atomic E-state index is 13.1. The van der Waals surface area contributed by atoms with E-state index in [4.69, 9.17) is 4.74 Å². The third-order valence-corrected chi connectivity index (χ3v) is 5.49. The minimum atomic E-state index is -0.200. The van der Waals surface area contributed by atoms with Crippen molar-refractivity contribution in [1.29, 1.82) is 0 Å². The molecule has 3 aromatic rings. The van der Waals surface area contributed by atoms with E-state index in [1.54, 1.807) is 7.11 Å². The zero-order valence-corrected chi connectivity index (χ0v) is 18.9. The number of esters is 1. The van der Waals surface area contributed by atoms with E-state index in [1.807, 2.05) is 61.5 Å². The molecule has 1 amide bonds. The number of hydrogen-bond acceptors (Lipinski definition) is 4. The summed E-state index contributed by atoms with van der Waals surface area (Å²) in [5.74, 6) is 0.445. The van der Waals surface area contributed by atoms with Gasteiger partial charge in [0.25, 0.3) is 5.91 Å². The van der Waals surface area contributed by atoms with Gasteiger partial charge in [-0.15, -0.1) is 0 Å². The van der Waals surface area contributed by atoms with Crippen molar-refractivity contribution in [3.05, 3.63) is 65.9 Å². The van der Waals surface area contributed by atoms with Crippen molar-refractivity contribution in [2.75, 3.05) is 20.8 Å². The number of methoxy groups -OCH3 is 2. The van der Waals surface area contributed by atoms with Crippen molar-refractivity contribution < 1.29 is 19.1 Å². The van der Waals surface area contributed by atoms with Crippen molar-refractivity contribution in [2.45, 2.75) is 32.6 Å². The predicted molar refractivity (Wildman–Crippen MR) is 126 cm³/mol. The predicted octanol–water partition coefficient (Wildman–Crippen LogP) is 5.13. The maximum Gasteiger partial charge on any atom is 0.305 e. The van der Waals surface area contributed by atoms with Gasteiger partial charge in [0.2, 0.25) is 0 Å². The van der Waals surface area contributed by atoms with Crippen molar-refractivity contribution in [2.24, 2.45) is 0 Å². The molecule has 0 saturated carbocycles. The molecule has 2 aromatic carbocycles. The number of nitrogens with one attached hydrogen (secondary N) is 2. The van der Waals surface area contributed by atoms with Crippen LogP contribution in [0.3, 0.4) is 0 Å². The fraction of sp³-hybridized carbons (Fsp3) is 0.308. The minimum Gasteiger partial charge on any atom is -0.497 e. The summed E-state index contributed by atoms with van der Waals surface area (Å²) in [6, 6.07) is 17.7. The van der Waals surface area contributed by atoms with Crippen LogP contribution in [0.5, 0.6) is 5.75 Å². The van der Waals surface area contributed by atoms with Crippen LogP contribution in [0.1, 0.15) is 41.7 Å². The highest BCUT2D eigenvalue weighted by molar-refractivity contribution is 6.02. The molecule has 0 bridgehead atoms.